The minimum Gasteiger partial charge on any atom is -0.347 e. The third kappa shape index (κ3) is 5.77. The number of carbonyl (C=O) groups is 2. The summed E-state index contributed by atoms with van der Waals surface area (Å²) in [7, 11) is 0. The number of aromatic nitrogens is 2. The van der Waals surface area contributed by atoms with Crippen LogP contribution in [0.15, 0.2) is 42.9 Å². The third-order valence-electron chi connectivity index (χ3n) is 6.51. The maximum atomic E-state index is 13.9. The first-order valence-corrected chi connectivity index (χ1v) is 12.6. The van der Waals surface area contributed by atoms with E-state index < -0.39 is 29.9 Å². The fourth-order valence-electron chi connectivity index (χ4n) is 4.85. The van der Waals surface area contributed by atoms with Gasteiger partial charge in [0.15, 0.2) is 18.2 Å². The molecule has 4 rings (SSSR count). The normalized spacial score (nSPS) is 14.1. The van der Waals surface area contributed by atoms with Crippen molar-refractivity contribution in [3.63, 3.8) is 0 Å². The van der Waals surface area contributed by atoms with Crippen molar-refractivity contribution >= 4 is 34.9 Å². The van der Waals surface area contributed by atoms with E-state index >= 15 is 0 Å². The molecule has 36 heavy (non-hydrogen) atoms. The predicted octanol–water partition coefficient (Wildman–Crippen LogP) is 5.38. The molecule has 1 aliphatic rings. The maximum absolute atomic E-state index is 13.9. The molecule has 0 aliphatic heterocycles. The van der Waals surface area contributed by atoms with E-state index in [0.717, 1.165) is 43.9 Å². The molecule has 3 N–H and O–H groups in total. The summed E-state index contributed by atoms with van der Waals surface area (Å²) in [4.78, 5) is 31.0. The van der Waals surface area contributed by atoms with Gasteiger partial charge in [-0.1, -0.05) is 42.5 Å². The number of Topliss-reactive ketones (excluding diaryl/α,β-unsaturated/α-hetero) is 1. The molecule has 10 heteroatoms. The van der Waals surface area contributed by atoms with Crippen LogP contribution >= 0.6 is 23.2 Å². The van der Waals surface area contributed by atoms with Gasteiger partial charge < -0.3 is 15.2 Å². The fourth-order valence-corrected chi connectivity index (χ4v) is 5.44. The van der Waals surface area contributed by atoms with Crippen LogP contribution < -0.4 is 10.7 Å². The highest BCUT2D eigenvalue weighted by atomic mass is 35.5. The van der Waals surface area contributed by atoms with Gasteiger partial charge in [0, 0.05) is 37.1 Å². The van der Waals surface area contributed by atoms with Crippen LogP contribution in [0, 0.1) is 11.6 Å². The molecule has 6 nitrogen and oxygen atoms in total. The van der Waals surface area contributed by atoms with E-state index in [1.165, 1.54) is 23.7 Å². The summed E-state index contributed by atoms with van der Waals surface area (Å²) in [5, 5.41) is 0.200. The Bertz CT molecular complexity index is 1230. The lowest BCUT2D eigenvalue weighted by molar-refractivity contribution is -0.377. The number of hydrogen-bond donors (Lipinski definition) is 1. The summed E-state index contributed by atoms with van der Waals surface area (Å²) >= 11 is 12.4. The second kappa shape index (κ2) is 11.5. The van der Waals surface area contributed by atoms with E-state index in [1.807, 2.05) is 6.20 Å². The second-order valence-electron chi connectivity index (χ2n) is 8.97. The third-order valence-corrected chi connectivity index (χ3v) is 7.11. The number of pyridine rings is 1. The Balaban J connectivity index is 1.69. The molecule has 190 valence electrons. The average Bonchev–Trinajstić information content (AvgIpc) is 3.27. The quantitative estimate of drug-likeness (QED) is 0.393. The first kappa shape index (κ1) is 26.3. The first-order valence-electron chi connectivity index (χ1n) is 11.8. The van der Waals surface area contributed by atoms with Crippen molar-refractivity contribution < 1.29 is 23.4 Å². The van der Waals surface area contributed by atoms with Crippen molar-refractivity contribution in [2.45, 2.75) is 51.2 Å². The van der Waals surface area contributed by atoms with E-state index in [1.54, 1.807) is 6.07 Å². The molecule has 1 amide bonds. The highest BCUT2D eigenvalue weighted by Crippen LogP contribution is 2.31. The van der Waals surface area contributed by atoms with Gasteiger partial charge in [-0.3, -0.25) is 9.59 Å². The van der Waals surface area contributed by atoms with Crippen molar-refractivity contribution in [2.24, 2.45) is 5.73 Å². The predicted molar refractivity (Wildman–Crippen MR) is 133 cm³/mol. The highest BCUT2D eigenvalue weighted by Gasteiger charge is 2.28. The zero-order valence-corrected chi connectivity index (χ0v) is 21.1. The number of benzene rings is 1. The van der Waals surface area contributed by atoms with Crippen LogP contribution in [0.4, 0.5) is 8.78 Å². The minimum absolute atomic E-state index is 0.0548. The summed E-state index contributed by atoms with van der Waals surface area (Å²) in [5.74, 6) is -2.54. The van der Waals surface area contributed by atoms with Gasteiger partial charge in [-0.15, -0.1) is 0 Å². The number of rotatable bonds is 8. The molecule has 0 unspecified atom stereocenters. The molecular weight excluding hydrogens is 509 g/mol. The van der Waals surface area contributed by atoms with Gasteiger partial charge in [0.25, 0.3) is 5.91 Å². The Morgan fingerprint density at radius 1 is 1.06 bits per heavy atom. The van der Waals surface area contributed by atoms with Crippen LogP contribution in [0.5, 0.6) is 0 Å². The van der Waals surface area contributed by atoms with Crippen molar-refractivity contribution in [3.8, 4) is 0 Å². The molecule has 0 atom stereocenters. The summed E-state index contributed by atoms with van der Waals surface area (Å²) in [5.41, 5.74) is 7.35. The van der Waals surface area contributed by atoms with Crippen LogP contribution in [-0.4, -0.2) is 27.7 Å². The molecule has 1 fully saturated rings. The molecule has 1 aromatic carbocycles. The van der Waals surface area contributed by atoms with Gasteiger partial charge >= 0.3 is 0 Å². The van der Waals surface area contributed by atoms with Gasteiger partial charge in [-0.2, -0.15) is 0 Å². The Morgan fingerprint density at radius 3 is 2.31 bits per heavy atom. The SMILES string of the molecule is NCc1c(C(=O)N(CC(=O)c2c(Cl)c[nH+]cc2Cl)Cc2cc(F)cc(F)c2)ccn1C1CCCCC1. The van der Waals surface area contributed by atoms with E-state index in [9.17, 15) is 18.4 Å². The van der Waals surface area contributed by atoms with Gasteiger partial charge in [0.05, 0.1) is 17.7 Å². The van der Waals surface area contributed by atoms with E-state index in [2.05, 4.69) is 9.55 Å². The lowest BCUT2D eigenvalue weighted by Crippen LogP contribution is -2.36. The summed E-state index contributed by atoms with van der Waals surface area (Å²) in [6.45, 7) is -0.474. The number of hydrogen-bond acceptors (Lipinski definition) is 3. The molecule has 0 bridgehead atoms. The van der Waals surface area contributed by atoms with E-state index in [-0.39, 0.29) is 40.3 Å². The number of nitrogens with zero attached hydrogens (tertiary/aromatic N) is 2. The molecule has 1 aliphatic carbocycles. The smallest absolute Gasteiger partial charge is 0.256 e. The maximum Gasteiger partial charge on any atom is 0.256 e. The number of ketones is 1. The van der Waals surface area contributed by atoms with Crippen LogP contribution in [0.3, 0.4) is 0 Å². The van der Waals surface area contributed by atoms with E-state index in [0.29, 0.717) is 11.3 Å². The van der Waals surface area contributed by atoms with Crippen LogP contribution in [0.2, 0.25) is 10.0 Å². The molecule has 2 heterocycles. The Morgan fingerprint density at radius 2 is 1.69 bits per heavy atom. The fraction of sp³-hybridized carbons (Fsp3) is 0.346. The summed E-state index contributed by atoms with van der Waals surface area (Å²) in [6, 6.07) is 4.95. The van der Waals surface area contributed by atoms with Crippen molar-refractivity contribution in [3.05, 3.63) is 86.9 Å². The first-order chi connectivity index (χ1) is 17.3. The Hall–Kier alpha value is -2.81. The number of halogens is 4. The van der Waals surface area contributed by atoms with Gasteiger partial charge in [-0.05, 0) is 36.6 Å². The molecule has 0 spiro atoms. The Labute approximate surface area is 218 Å². The number of amides is 1. The molecule has 2 aromatic heterocycles. The van der Waals surface area contributed by atoms with Crippen LogP contribution in [0.1, 0.15) is 70.1 Å². The van der Waals surface area contributed by atoms with Gasteiger partial charge in [0.2, 0.25) is 0 Å². The summed E-state index contributed by atoms with van der Waals surface area (Å²) < 4.78 is 29.8. The zero-order valence-electron chi connectivity index (χ0n) is 19.6. The lowest BCUT2D eigenvalue weighted by atomic mass is 9.95. The number of nitrogens with two attached hydrogens (primary N) is 1. The van der Waals surface area contributed by atoms with Gasteiger partial charge in [0.1, 0.15) is 21.7 Å². The molecule has 3 aromatic rings. The minimum atomic E-state index is -0.778. The summed E-state index contributed by atoms with van der Waals surface area (Å²) in [6.07, 6.45) is 10.1. The van der Waals surface area contributed by atoms with Crippen LogP contribution in [0.25, 0.3) is 0 Å². The second-order valence-corrected chi connectivity index (χ2v) is 9.78. The van der Waals surface area contributed by atoms with Crippen molar-refractivity contribution in [1.29, 1.82) is 0 Å². The van der Waals surface area contributed by atoms with Crippen molar-refractivity contribution in [2.75, 3.05) is 6.54 Å². The Kier molecular flexibility index (Phi) is 8.39. The molecule has 1 saturated carbocycles. The lowest BCUT2D eigenvalue weighted by Gasteiger charge is -2.26. The topological polar surface area (TPSA) is 82.5 Å². The largest absolute Gasteiger partial charge is 0.347 e. The van der Waals surface area contributed by atoms with Crippen LogP contribution in [-0.2, 0) is 13.1 Å². The highest BCUT2D eigenvalue weighted by molar-refractivity contribution is 6.39. The average molecular weight is 536 g/mol. The molecular formula is C26H27Cl2F2N4O2+. The monoisotopic (exact) mass is 535 g/mol. The van der Waals surface area contributed by atoms with E-state index in [4.69, 9.17) is 28.9 Å². The number of nitrogens with one attached hydrogen (secondary N) is 1. The number of H-pyrrole nitrogens is 1. The zero-order chi connectivity index (χ0) is 25.8. The van der Waals surface area contributed by atoms with Crippen molar-refractivity contribution in [1.82, 2.24) is 9.47 Å². The molecule has 0 radical (unpaired) electrons. The molecule has 0 saturated heterocycles. The van der Waals surface area contributed by atoms with Gasteiger partial charge in [-0.25, -0.2) is 13.8 Å². The standard InChI is InChI=1S/C26H26Cl2F2N4O2/c27-21-12-32-13-22(28)25(21)24(35)15-33(14-16-8-17(29)10-18(30)9-16)26(36)20-6-7-34(23(20)11-31)19-4-2-1-3-5-19/h6-10,12-13,19H,1-5,11,14-15,31H2/p+1. The number of carbonyl (C=O) groups excluding carboxylic acids is 2. The number of aromatic amines is 1.